The fourth-order valence-corrected chi connectivity index (χ4v) is 5.00. The zero-order valence-corrected chi connectivity index (χ0v) is 17.7. The third-order valence-electron chi connectivity index (χ3n) is 6.26. The SMILES string of the molecule is COCC(=O)N1CC2C[C@@H](NC(=O)Cc3cccc(C)c3)C[C@]2(c2nc(C)no2)C1. The summed E-state index contributed by atoms with van der Waals surface area (Å²) in [6, 6.07) is 8.00. The van der Waals surface area contributed by atoms with Crippen LogP contribution in [0.2, 0.25) is 0 Å². The van der Waals surface area contributed by atoms with E-state index in [1.54, 1.807) is 6.92 Å². The number of nitrogens with zero attached hydrogens (tertiary/aromatic N) is 3. The Kier molecular flexibility index (Phi) is 5.60. The van der Waals surface area contributed by atoms with Gasteiger partial charge in [0.2, 0.25) is 17.7 Å². The zero-order valence-electron chi connectivity index (χ0n) is 17.7. The average molecular weight is 412 g/mol. The molecule has 1 saturated carbocycles. The molecule has 1 saturated heterocycles. The molecule has 0 radical (unpaired) electrons. The first-order valence-corrected chi connectivity index (χ1v) is 10.3. The average Bonchev–Trinajstić information content (AvgIpc) is 3.34. The molecular weight excluding hydrogens is 384 g/mol. The number of hydrogen-bond donors (Lipinski definition) is 1. The van der Waals surface area contributed by atoms with Gasteiger partial charge in [-0.2, -0.15) is 4.98 Å². The largest absolute Gasteiger partial charge is 0.375 e. The third kappa shape index (κ3) is 3.96. The van der Waals surface area contributed by atoms with Gasteiger partial charge in [-0.3, -0.25) is 9.59 Å². The number of hydrogen-bond acceptors (Lipinski definition) is 6. The number of nitrogens with one attached hydrogen (secondary N) is 1. The number of benzene rings is 1. The molecule has 4 rings (SSSR count). The van der Waals surface area contributed by atoms with Crippen LogP contribution in [-0.4, -0.2) is 59.7 Å². The number of fused-ring (bicyclic) bond motifs is 1. The second kappa shape index (κ2) is 8.18. The highest BCUT2D eigenvalue weighted by Gasteiger charge is 2.58. The third-order valence-corrected chi connectivity index (χ3v) is 6.26. The van der Waals surface area contributed by atoms with Crippen LogP contribution in [0.1, 0.15) is 35.7 Å². The van der Waals surface area contributed by atoms with Crippen LogP contribution < -0.4 is 5.32 Å². The first-order valence-electron chi connectivity index (χ1n) is 10.3. The summed E-state index contributed by atoms with van der Waals surface area (Å²) < 4.78 is 10.6. The van der Waals surface area contributed by atoms with Gasteiger partial charge in [-0.05, 0) is 38.2 Å². The molecule has 1 aromatic heterocycles. The van der Waals surface area contributed by atoms with Gasteiger partial charge in [0.05, 0.1) is 11.8 Å². The van der Waals surface area contributed by atoms with Crippen molar-refractivity contribution in [2.24, 2.45) is 5.92 Å². The van der Waals surface area contributed by atoms with Crippen LogP contribution in [0.3, 0.4) is 0 Å². The number of aromatic nitrogens is 2. The summed E-state index contributed by atoms with van der Waals surface area (Å²) in [7, 11) is 1.52. The molecule has 3 atom stereocenters. The van der Waals surface area contributed by atoms with Crippen molar-refractivity contribution in [1.82, 2.24) is 20.4 Å². The van der Waals surface area contributed by atoms with E-state index < -0.39 is 5.41 Å². The van der Waals surface area contributed by atoms with Crippen molar-refractivity contribution < 1.29 is 18.8 Å². The monoisotopic (exact) mass is 412 g/mol. The summed E-state index contributed by atoms with van der Waals surface area (Å²) in [5.74, 6) is 1.26. The number of amides is 2. The quantitative estimate of drug-likeness (QED) is 0.773. The Bertz CT molecular complexity index is 943. The van der Waals surface area contributed by atoms with E-state index in [1.165, 1.54) is 7.11 Å². The topological polar surface area (TPSA) is 97.6 Å². The Morgan fingerprint density at radius 2 is 2.20 bits per heavy atom. The summed E-state index contributed by atoms with van der Waals surface area (Å²) in [4.78, 5) is 31.4. The maximum atomic E-state index is 12.7. The van der Waals surface area contributed by atoms with Gasteiger partial charge in [-0.1, -0.05) is 35.0 Å². The minimum absolute atomic E-state index is 0.00903. The lowest BCUT2D eigenvalue weighted by atomic mass is 9.80. The summed E-state index contributed by atoms with van der Waals surface area (Å²) in [5.41, 5.74) is 1.72. The van der Waals surface area contributed by atoms with E-state index in [2.05, 4.69) is 15.5 Å². The number of likely N-dealkylation sites (tertiary alicyclic amines) is 1. The van der Waals surface area contributed by atoms with Gasteiger partial charge in [0.15, 0.2) is 5.82 Å². The van der Waals surface area contributed by atoms with Crippen LogP contribution in [0.5, 0.6) is 0 Å². The van der Waals surface area contributed by atoms with Gasteiger partial charge in [0.1, 0.15) is 6.61 Å². The normalized spacial score (nSPS) is 25.4. The number of carbonyl (C=O) groups excluding carboxylic acids is 2. The zero-order chi connectivity index (χ0) is 21.3. The van der Waals surface area contributed by atoms with E-state index >= 15 is 0 Å². The van der Waals surface area contributed by atoms with E-state index in [0.29, 0.717) is 37.6 Å². The smallest absolute Gasteiger partial charge is 0.248 e. The van der Waals surface area contributed by atoms with Crippen LogP contribution in [-0.2, 0) is 26.2 Å². The fourth-order valence-electron chi connectivity index (χ4n) is 5.00. The minimum atomic E-state index is -0.425. The number of ether oxygens (including phenoxy) is 1. The number of carbonyl (C=O) groups is 2. The molecule has 160 valence electrons. The van der Waals surface area contributed by atoms with Crippen LogP contribution >= 0.6 is 0 Å². The Balaban J connectivity index is 1.48. The highest BCUT2D eigenvalue weighted by molar-refractivity contribution is 5.79. The Morgan fingerprint density at radius 3 is 2.90 bits per heavy atom. The van der Waals surface area contributed by atoms with Crippen LogP contribution in [0, 0.1) is 19.8 Å². The maximum Gasteiger partial charge on any atom is 0.248 e. The van der Waals surface area contributed by atoms with E-state index in [1.807, 2.05) is 36.1 Å². The molecule has 2 amide bonds. The van der Waals surface area contributed by atoms with Crippen LogP contribution in [0.15, 0.2) is 28.8 Å². The molecule has 8 nitrogen and oxygen atoms in total. The van der Waals surface area contributed by atoms with E-state index in [9.17, 15) is 9.59 Å². The van der Waals surface area contributed by atoms with Crippen molar-refractivity contribution in [3.8, 4) is 0 Å². The fraction of sp³-hybridized carbons (Fsp3) is 0.545. The number of methoxy groups -OCH3 is 1. The van der Waals surface area contributed by atoms with E-state index in [0.717, 1.165) is 17.5 Å². The van der Waals surface area contributed by atoms with Gasteiger partial charge in [0, 0.05) is 26.2 Å². The summed E-state index contributed by atoms with van der Waals surface area (Å²) in [6.45, 7) is 4.98. The number of rotatable bonds is 6. The molecule has 2 aromatic rings. The molecule has 1 aliphatic heterocycles. The molecule has 1 aromatic carbocycles. The standard InChI is InChI=1S/C22H28N4O4/c1-14-5-4-6-16(7-14)8-19(27)24-18-9-17-11-26(20(28)12-29-3)13-22(17,10-18)21-23-15(2)25-30-21/h4-7,17-18H,8-13H2,1-3H3,(H,24,27)/t17?,18-,22+/m1/s1. The lowest BCUT2D eigenvalue weighted by Crippen LogP contribution is -2.40. The van der Waals surface area contributed by atoms with Gasteiger partial charge in [-0.25, -0.2) is 0 Å². The van der Waals surface area contributed by atoms with Gasteiger partial charge >= 0.3 is 0 Å². The minimum Gasteiger partial charge on any atom is -0.375 e. The van der Waals surface area contributed by atoms with Crippen molar-refractivity contribution in [3.05, 3.63) is 47.1 Å². The molecule has 8 heteroatoms. The van der Waals surface area contributed by atoms with Crippen molar-refractivity contribution in [2.45, 2.75) is 44.6 Å². The Hall–Kier alpha value is -2.74. The molecule has 1 unspecified atom stereocenters. The van der Waals surface area contributed by atoms with E-state index in [4.69, 9.17) is 9.26 Å². The summed E-state index contributed by atoms with van der Waals surface area (Å²) in [6.07, 6.45) is 1.81. The van der Waals surface area contributed by atoms with Crippen LogP contribution in [0.4, 0.5) is 0 Å². The number of aryl methyl sites for hydroxylation is 2. The molecule has 0 bridgehead atoms. The molecule has 2 aliphatic rings. The van der Waals surface area contributed by atoms with Crippen molar-refractivity contribution in [2.75, 3.05) is 26.8 Å². The molecule has 1 N–H and O–H groups in total. The summed E-state index contributed by atoms with van der Waals surface area (Å²) in [5, 5.41) is 7.16. The molecule has 1 aliphatic carbocycles. The molecule has 30 heavy (non-hydrogen) atoms. The first-order chi connectivity index (χ1) is 14.4. The maximum absolute atomic E-state index is 12.7. The predicted molar refractivity (Wildman–Crippen MR) is 109 cm³/mol. The lowest BCUT2D eigenvalue weighted by molar-refractivity contribution is -0.134. The predicted octanol–water partition coefficient (Wildman–Crippen LogP) is 1.55. The van der Waals surface area contributed by atoms with Crippen LogP contribution in [0.25, 0.3) is 0 Å². The Morgan fingerprint density at radius 1 is 1.37 bits per heavy atom. The van der Waals surface area contributed by atoms with Gasteiger partial charge in [-0.15, -0.1) is 0 Å². The second-order valence-corrected chi connectivity index (χ2v) is 8.58. The van der Waals surface area contributed by atoms with Gasteiger partial charge < -0.3 is 19.5 Å². The molecule has 2 fully saturated rings. The Labute approximate surface area is 176 Å². The summed E-state index contributed by atoms with van der Waals surface area (Å²) >= 11 is 0. The highest BCUT2D eigenvalue weighted by Crippen LogP contribution is 2.50. The molecule has 0 spiro atoms. The van der Waals surface area contributed by atoms with Gasteiger partial charge in [0.25, 0.3) is 0 Å². The lowest BCUT2D eigenvalue weighted by Gasteiger charge is -2.25. The van der Waals surface area contributed by atoms with Crippen molar-refractivity contribution >= 4 is 11.8 Å². The highest BCUT2D eigenvalue weighted by atomic mass is 16.5. The van der Waals surface area contributed by atoms with Crippen molar-refractivity contribution in [3.63, 3.8) is 0 Å². The van der Waals surface area contributed by atoms with E-state index in [-0.39, 0.29) is 30.4 Å². The molecule has 2 heterocycles. The molecular formula is C22H28N4O4. The van der Waals surface area contributed by atoms with Crippen molar-refractivity contribution in [1.29, 1.82) is 0 Å². The second-order valence-electron chi connectivity index (χ2n) is 8.58. The first kappa shape index (κ1) is 20.5.